The molecule has 0 aromatic heterocycles. The summed E-state index contributed by atoms with van der Waals surface area (Å²) in [5.41, 5.74) is 5.52. The van der Waals surface area contributed by atoms with E-state index in [4.69, 9.17) is 14.2 Å². The lowest BCUT2D eigenvalue weighted by Crippen LogP contribution is -2.27. The first kappa shape index (κ1) is 21.9. The maximum Gasteiger partial charge on any atom is 0.164 e. The lowest BCUT2D eigenvalue weighted by atomic mass is 9.78. The number of hydrogen-bond acceptors (Lipinski definition) is 6. The Morgan fingerprint density at radius 1 is 0.765 bits per heavy atom. The predicted octanol–water partition coefficient (Wildman–Crippen LogP) is 5.69. The molecule has 1 heterocycles. The van der Waals surface area contributed by atoms with E-state index < -0.39 is 6.04 Å². The van der Waals surface area contributed by atoms with E-state index in [0.29, 0.717) is 23.7 Å². The first-order valence-corrected chi connectivity index (χ1v) is 11.4. The van der Waals surface area contributed by atoms with E-state index in [0.717, 1.165) is 34.6 Å². The number of fused-ring (bicyclic) bond motifs is 1. The van der Waals surface area contributed by atoms with Gasteiger partial charge in [-0.3, -0.25) is 4.79 Å². The van der Waals surface area contributed by atoms with Crippen molar-refractivity contribution in [2.75, 3.05) is 32.0 Å². The molecule has 2 atom stereocenters. The number of ether oxygens (including phenoxy) is 3. The summed E-state index contributed by atoms with van der Waals surface area (Å²) in [6, 6.07) is 21.6. The molecule has 0 spiro atoms. The van der Waals surface area contributed by atoms with Crippen LogP contribution in [0.2, 0.25) is 0 Å². The molecule has 2 N–H and O–H groups in total. The molecule has 3 aromatic carbocycles. The quantitative estimate of drug-likeness (QED) is 0.514. The van der Waals surface area contributed by atoms with E-state index in [-0.39, 0.29) is 11.7 Å². The first-order valence-electron chi connectivity index (χ1n) is 11.4. The van der Waals surface area contributed by atoms with Crippen LogP contribution in [0.3, 0.4) is 0 Å². The smallest absolute Gasteiger partial charge is 0.164 e. The van der Waals surface area contributed by atoms with Crippen LogP contribution >= 0.6 is 0 Å². The topological polar surface area (TPSA) is 68.8 Å². The Morgan fingerprint density at radius 2 is 1.41 bits per heavy atom. The molecular formula is C28H28N2O4. The van der Waals surface area contributed by atoms with E-state index in [1.54, 1.807) is 27.4 Å². The number of para-hydroxylation sites is 2. The van der Waals surface area contributed by atoms with E-state index in [1.165, 1.54) is 5.56 Å². The standard InChI is InChI=1S/C28H28N2O4/c1-32-24-16-26(34-3)25(33-2)15-19(24)28-27-22(29-20-11-7-8-12-21(20)30-28)13-18(14-23(27)31)17-9-5-4-6-10-17/h4-12,15-16,18,28-30H,13-14H2,1-3H3/t18-,28+/m1/s1. The zero-order valence-electron chi connectivity index (χ0n) is 19.6. The molecule has 34 heavy (non-hydrogen) atoms. The van der Waals surface area contributed by atoms with Crippen LogP contribution in [0.1, 0.15) is 35.9 Å². The Morgan fingerprint density at radius 3 is 2.12 bits per heavy atom. The highest BCUT2D eigenvalue weighted by atomic mass is 16.5. The number of rotatable bonds is 5. The largest absolute Gasteiger partial charge is 0.496 e. The Kier molecular flexibility index (Phi) is 5.88. The number of allylic oxidation sites excluding steroid dienone is 1. The molecule has 1 aliphatic carbocycles. The summed E-state index contributed by atoms with van der Waals surface area (Å²) in [4.78, 5) is 13.7. The van der Waals surface area contributed by atoms with Crippen molar-refractivity contribution in [2.24, 2.45) is 0 Å². The molecule has 5 rings (SSSR count). The van der Waals surface area contributed by atoms with Crippen LogP contribution in [-0.4, -0.2) is 27.1 Å². The van der Waals surface area contributed by atoms with Gasteiger partial charge in [-0.1, -0.05) is 42.5 Å². The Hall–Kier alpha value is -3.93. The molecule has 0 radical (unpaired) electrons. The molecule has 0 amide bonds. The third-order valence-corrected chi connectivity index (χ3v) is 6.63. The van der Waals surface area contributed by atoms with Gasteiger partial charge in [0, 0.05) is 29.3 Å². The highest BCUT2D eigenvalue weighted by Crippen LogP contribution is 2.47. The molecule has 6 heteroatoms. The van der Waals surface area contributed by atoms with Crippen molar-refractivity contribution in [3.8, 4) is 17.2 Å². The highest BCUT2D eigenvalue weighted by Gasteiger charge is 2.37. The van der Waals surface area contributed by atoms with Crippen molar-refractivity contribution in [3.05, 3.63) is 89.1 Å². The monoisotopic (exact) mass is 456 g/mol. The van der Waals surface area contributed by atoms with Crippen molar-refractivity contribution in [3.63, 3.8) is 0 Å². The Balaban J connectivity index is 1.67. The van der Waals surface area contributed by atoms with Crippen LogP contribution in [0.15, 0.2) is 78.0 Å². The Bertz CT molecular complexity index is 1250. The second-order valence-electron chi connectivity index (χ2n) is 8.53. The fraction of sp³-hybridized carbons (Fsp3) is 0.250. The van der Waals surface area contributed by atoms with Crippen molar-refractivity contribution >= 4 is 17.2 Å². The summed E-state index contributed by atoms with van der Waals surface area (Å²) in [6.45, 7) is 0. The number of carbonyl (C=O) groups is 1. The van der Waals surface area contributed by atoms with Gasteiger partial charge in [-0.25, -0.2) is 0 Å². The van der Waals surface area contributed by atoms with Gasteiger partial charge in [-0.2, -0.15) is 0 Å². The SMILES string of the molecule is COc1cc(OC)c([C@@H]2Nc3ccccc3NC3=C2C(=O)C[C@H](c2ccccc2)C3)cc1OC. The summed E-state index contributed by atoms with van der Waals surface area (Å²) in [5.74, 6) is 2.02. The van der Waals surface area contributed by atoms with Crippen molar-refractivity contribution in [2.45, 2.75) is 24.8 Å². The first-order chi connectivity index (χ1) is 16.6. The van der Waals surface area contributed by atoms with E-state index in [2.05, 4.69) is 22.8 Å². The number of anilines is 2. The van der Waals surface area contributed by atoms with E-state index in [9.17, 15) is 4.79 Å². The highest BCUT2D eigenvalue weighted by molar-refractivity contribution is 6.01. The summed E-state index contributed by atoms with van der Waals surface area (Å²) >= 11 is 0. The van der Waals surface area contributed by atoms with Gasteiger partial charge in [0.1, 0.15) is 5.75 Å². The Labute approximate surface area is 199 Å². The van der Waals surface area contributed by atoms with Gasteiger partial charge in [0.15, 0.2) is 17.3 Å². The lowest BCUT2D eigenvalue weighted by molar-refractivity contribution is -0.116. The maximum absolute atomic E-state index is 13.7. The second-order valence-corrected chi connectivity index (χ2v) is 8.53. The van der Waals surface area contributed by atoms with Gasteiger partial charge in [-0.15, -0.1) is 0 Å². The number of hydrogen-bond donors (Lipinski definition) is 2. The number of carbonyl (C=O) groups excluding carboxylic acids is 1. The molecule has 1 aliphatic heterocycles. The van der Waals surface area contributed by atoms with Crippen molar-refractivity contribution in [1.29, 1.82) is 0 Å². The summed E-state index contributed by atoms with van der Waals surface area (Å²) in [7, 11) is 4.82. The summed E-state index contributed by atoms with van der Waals surface area (Å²) < 4.78 is 16.8. The molecule has 0 bridgehead atoms. The fourth-order valence-electron chi connectivity index (χ4n) is 4.96. The minimum Gasteiger partial charge on any atom is -0.496 e. The number of benzene rings is 3. The molecule has 3 aromatic rings. The molecule has 2 aliphatic rings. The average molecular weight is 457 g/mol. The van der Waals surface area contributed by atoms with Crippen LogP contribution in [0.5, 0.6) is 17.2 Å². The zero-order chi connectivity index (χ0) is 23.7. The molecule has 0 saturated carbocycles. The molecule has 6 nitrogen and oxygen atoms in total. The molecule has 0 fully saturated rings. The van der Waals surface area contributed by atoms with Crippen LogP contribution in [-0.2, 0) is 4.79 Å². The van der Waals surface area contributed by atoms with E-state index >= 15 is 0 Å². The normalized spacial score (nSPS) is 19.2. The van der Waals surface area contributed by atoms with Crippen LogP contribution in [0.4, 0.5) is 11.4 Å². The zero-order valence-corrected chi connectivity index (χ0v) is 19.6. The van der Waals surface area contributed by atoms with Crippen LogP contribution in [0, 0.1) is 0 Å². The number of methoxy groups -OCH3 is 3. The second kappa shape index (κ2) is 9.14. The molecular weight excluding hydrogens is 428 g/mol. The van der Waals surface area contributed by atoms with Gasteiger partial charge in [-0.05, 0) is 36.1 Å². The maximum atomic E-state index is 13.7. The van der Waals surface area contributed by atoms with Crippen LogP contribution < -0.4 is 24.8 Å². The third-order valence-electron chi connectivity index (χ3n) is 6.63. The van der Waals surface area contributed by atoms with Gasteiger partial charge in [0.2, 0.25) is 0 Å². The third kappa shape index (κ3) is 3.85. The average Bonchev–Trinajstić information content (AvgIpc) is 3.05. The fourth-order valence-corrected chi connectivity index (χ4v) is 4.96. The van der Waals surface area contributed by atoms with E-state index in [1.807, 2.05) is 48.5 Å². The van der Waals surface area contributed by atoms with Crippen molar-refractivity contribution < 1.29 is 19.0 Å². The summed E-state index contributed by atoms with van der Waals surface area (Å²) in [6.07, 6.45) is 1.20. The molecule has 0 saturated heterocycles. The minimum absolute atomic E-state index is 0.116. The lowest BCUT2D eigenvalue weighted by Gasteiger charge is -2.30. The van der Waals surface area contributed by atoms with Crippen LogP contribution in [0.25, 0.3) is 0 Å². The van der Waals surface area contributed by atoms with Gasteiger partial charge >= 0.3 is 0 Å². The number of Topliss-reactive ketones (excluding diaryl/α,β-unsaturated/α-hetero) is 1. The van der Waals surface area contributed by atoms with Gasteiger partial charge in [0.05, 0.1) is 38.7 Å². The predicted molar refractivity (Wildman–Crippen MR) is 133 cm³/mol. The summed E-state index contributed by atoms with van der Waals surface area (Å²) in [5, 5.41) is 7.19. The van der Waals surface area contributed by atoms with Gasteiger partial charge < -0.3 is 24.8 Å². The molecule has 174 valence electrons. The van der Waals surface area contributed by atoms with Gasteiger partial charge in [0.25, 0.3) is 0 Å². The minimum atomic E-state index is -0.412. The van der Waals surface area contributed by atoms with Crippen molar-refractivity contribution in [1.82, 2.24) is 0 Å². The number of nitrogens with one attached hydrogen (secondary N) is 2. The number of ketones is 1. The molecule has 0 unspecified atom stereocenters.